The first-order chi connectivity index (χ1) is 18.9. The van der Waals surface area contributed by atoms with E-state index >= 15 is 0 Å². The number of fused-ring (bicyclic) bond motifs is 1. The summed E-state index contributed by atoms with van der Waals surface area (Å²) in [4.78, 5) is 14.1. The molecule has 1 amide bonds. The first kappa shape index (κ1) is 29.4. The maximum Gasteiger partial charge on any atom is 0.410 e. The van der Waals surface area contributed by atoms with Crippen LogP contribution in [0.25, 0.3) is 11.0 Å². The van der Waals surface area contributed by atoms with E-state index in [1.54, 1.807) is 35.2 Å². The molecule has 214 valence electrons. The van der Waals surface area contributed by atoms with Crippen molar-refractivity contribution in [1.29, 1.82) is 5.26 Å². The number of nitrogens with zero attached hydrogens (tertiary/aromatic N) is 3. The Balaban J connectivity index is 1.44. The maximum absolute atomic E-state index is 12.4. The number of rotatable bonds is 9. The van der Waals surface area contributed by atoms with Crippen LogP contribution in [0.2, 0.25) is 0 Å². The number of ether oxygens (including phenoxy) is 2. The third kappa shape index (κ3) is 7.96. The molecule has 1 aliphatic heterocycles. The molecule has 4 rings (SSSR count). The molecule has 2 heterocycles. The van der Waals surface area contributed by atoms with E-state index in [-0.39, 0.29) is 19.3 Å². The summed E-state index contributed by atoms with van der Waals surface area (Å²) in [5, 5.41) is 14.1. The Bertz CT molecular complexity index is 1480. The molecule has 0 atom stereocenters. The van der Waals surface area contributed by atoms with Gasteiger partial charge in [0.1, 0.15) is 18.0 Å². The van der Waals surface area contributed by atoms with Crippen LogP contribution in [0.3, 0.4) is 0 Å². The van der Waals surface area contributed by atoms with Crippen LogP contribution in [0.1, 0.15) is 62.4 Å². The molecule has 0 saturated carbocycles. The molecule has 1 aromatic heterocycles. The minimum atomic E-state index is -3.71. The molecule has 0 unspecified atom stereocenters. The molecule has 1 saturated heterocycles. The Morgan fingerprint density at radius 2 is 1.82 bits per heavy atom. The second-order valence-electron chi connectivity index (χ2n) is 11.1. The number of nitriles is 1. The molecular formula is C29H35N3O7S. The zero-order chi connectivity index (χ0) is 28.9. The van der Waals surface area contributed by atoms with E-state index in [9.17, 15) is 13.2 Å². The lowest BCUT2D eigenvalue weighted by molar-refractivity contribution is 0.0181. The van der Waals surface area contributed by atoms with Crippen molar-refractivity contribution in [2.75, 3.05) is 19.3 Å². The number of carbonyl (C=O) groups is 1. The average molecular weight is 570 g/mol. The van der Waals surface area contributed by atoms with Gasteiger partial charge in [0.05, 0.1) is 35.8 Å². The van der Waals surface area contributed by atoms with Crippen LogP contribution < -0.4 is 4.74 Å². The number of aromatic nitrogens is 1. The van der Waals surface area contributed by atoms with Crippen LogP contribution in [0, 0.1) is 17.2 Å². The molecule has 2 aromatic carbocycles. The minimum absolute atomic E-state index is 0.214. The molecule has 0 radical (unpaired) electrons. The van der Waals surface area contributed by atoms with Crippen LogP contribution >= 0.6 is 0 Å². The van der Waals surface area contributed by atoms with Gasteiger partial charge in [-0.1, -0.05) is 17.3 Å². The highest BCUT2D eigenvalue weighted by molar-refractivity contribution is 7.85. The summed E-state index contributed by atoms with van der Waals surface area (Å²) in [5.74, 6) is 0.867. The number of aryl methyl sites for hydroxylation is 1. The van der Waals surface area contributed by atoms with Gasteiger partial charge in [-0.15, -0.1) is 0 Å². The zero-order valence-corrected chi connectivity index (χ0v) is 24.1. The second kappa shape index (κ2) is 12.3. The Labute approximate surface area is 234 Å². The zero-order valence-electron chi connectivity index (χ0n) is 23.3. The van der Waals surface area contributed by atoms with Crippen molar-refractivity contribution < 1.29 is 31.4 Å². The quantitative estimate of drug-likeness (QED) is 0.313. The lowest BCUT2D eigenvalue weighted by Gasteiger charge is -2.33. The van der Waals surface area contributed by atoms with Crippen LogP contribution in [-0.4, -0.2) is 49.5 Å². The van der Waals surface area contributed by atoms with Gasteiger partial charge < -0.3 is 18.9 Å². The maximum atomic E-state index is 12.4. The lowest BCUT2D eigenvalue weighted by atomic mass is 9.91. The predicted octanol–water partition coefficient (Wildman–Crippen LogP) is 5.33. The van der Waals surface area contributed by atoms with E-state index in [0.717, 1.165) is 42.2 Å². The van der Waals surface area contributed by atoms with Crippen LogP contribution in [0.5, 0.6) is 5.75 Å². The molecule has 11 heteroatoms. The molecular weight excluding hydrogens is 534 g/mol. The standard InChI is InChI=1S/C29H35N3O7S/c1-29(2,3)38-28(33)32-15-13-20(14-16-32)9-11-25-23-10-12-26(36-18-22-7-5-21(17-30)6-8-22)24(27(23)39-31-25)19-37-40(4,34)35/h5-8,10,12,20H,9,11,13-16,18-19H2,1-4H3. The van der Waals surface area contributed by atoms with E-state index < -0.39 is 15.7 Å². The van der Waals surface area contributed by atoms with Gasteiger partial charge in [-0.2, -0.15) is 13.7 Å². The molecule has 3 aromatic rings. The van der Waals surface area contributed by atoms with E-state index in [1.807, 2.05) is 26.8 Å². The number of amides is 1. The largest absolute Gasteiger partial charge is 0.488 e. The summed E-state index contributed by atoms with van der Waals surface area (Å²) in [6, 6.07) is 12.7. The van der Waals surface area contributed by atoms with Crippen LogP contribution in [0.4, 0.5) is 4.79 Å². The molecule has 1 fully saturated rings. The number of hydrogen-bond donors (Lipinski definition) is 0. The highest BCUT2D eigenvalue weighted by Crippen LogP contribution is 2.33. The third-order valence-corrected chi connectivity index (χ3v) is 7.27. The fraction of sp³-hybridized carbons (Fsp3) is 0.483. The van der Waals surface area contributed by atoms with E-state index in [2.05, 4.69) is 11.2 Å². The predicted molar refractivity (Wildman–Crippen MR) is 148 cm³/mol. The topological polar surface area (TPSA) is 132 Å². The molecule has 40 heavy (non-hydrogen) atoms. The van der Waals surface area contributed by atoms with Crippen molar-refractivity contribution in [2.24, 2.45) is 5.92 Å². The fourth-order valence-electron chi connectivity index (χ4n) is 4.62. The Kier molecular flexibility index (Phi) is 9.01. The minimum Gasteiger partial charge on any atom is -0.488 e. The van der Waals surface area contributed by atoms with Crippen LogP contribution in [-0.2, 0) is 38.7 Å². The molecule has 0 aliphatic carbocycles. The van der Waals surface area contributed by atoms with Gasteiger partial charge in [0, 0.05) is 18.5 Å². The van der Waals surface area contributed by atoms with Crippen molar-refractivity contribution >= 4 is 27.2 Å². The Hall–Kier alpha value is -3.62. The normalized spacial score (nSPS) is 14.7. The Morgan fingerprint density at radius 3 is 2.45 bits per heavy atom. The molecule has 10 nitrogen and oxygen atoms in total. The van der Waals surface area contributed by atoms with Crippen molar-refractivity contribution in [3.8, 4) is 11.8 Å². The summed E-state index contributed by atoms with van der Waals surface area (Å²) in [6.45, 7) is 6.87. The summed E-state index contributed by atoms with van der Waals surface area (Å²) < 4.78 is 45.8. The van der Waals surface area contributed by atoms with Gasteiger partial charge in [-0.05, 0) is 82.2 Å². The van der Waals surface area contributed by atoms with E-state index in [1.165, 1.54) is 0 Å². The highest BCUT2D eigenvalue weighted by atomic mass is 32.2. The number of benzene rings is 2. The summed E-state index contributed by atoms with van der Waals surface area (Å²) >= 11 is 0. The number of piperidine rings is 1. The molecule has 0 N–H and O–H groups in total. The highest BCUT2D eigenvalue weighted by Gasteiger charge is 2.27. The van der Waals surface area contributed by atoms with Crippen molar-refractivity contribution in [3.05, 3.63) is 58.8 Å². The number of carbonyl (C=O) groups excluding carboxylic acids is 1. The van der Waals surface area contributed by atoms with Gasteiger partial charge in [0.15, 0.2) is 5.58 Å². The smallest absolute Gasteiger partial charge is 0.410 e. The van der Waals surface area contributed by atoms with Crippen LogP contribution in [0.15, 0.2) is 40.9 Å². The summed E-state index contributed by atoms with van der Waals surface area (Å²) in [6.07, 6.45) is 4.06. The van der Waals surface area contributed by atoms with Crippen molar-refractivity contribution in [2.45, 2.75) is 65.3 Å². The second-order valence-corrected chi connectivity index (χ2v) is 12.7. The first-order valence-electron chi connectivity index (χ1n) is 13.3. The lowest BCUT2D eigenvalue weighted by Crippen LogP contribution is -2.41. The van der Waals surface area contributed by atoms with Gasteiger partial charge in [-0.3, -0.25) is 4.18 Å². The molecule has 0 spiro atoms. The monoisotopic (exact) mass is 569 g/mol. The van der Waals surface area contributed by atoms with Crippen molar-refractivity contribution in [1.82, 2.24) is 10.1 Å². The van der Waals surface area contributed by atoms with E-state index in [0.29, 0.717) is 47.9 Å². The molecule has 1 aliphatic rings. The van der Waals surface area contributed by atoms with Gasteiger partial charge in [0.2, 0.25) is 0 Å². The van der Waals surface area contributed by atoms with E-state index in [4.69, 9.17) is 23.4 Å². The molecule has 0 bridgehead atoms. The third-order valence-electron chi connectivity index (χ3n) is 6.73. The first-order valence-corrected chi connectivity index (χ1v) is 15.1. The summed E-state index contributed by atoms with van der Waals surface area (Å²) in [5.41, 5.74) is 2.56. The fourth-order valence-corrected chi connectivity index (χ4v) is 4.95. The Morgan fingerprint density at radius 1 is 1.12 bits per heavy atom. The number of likely N-dealkylation sites (tertiary alicyclic amines) is 1. The SMILES string of the molecule is CC(C)(C)OC(=O)N1CCC(CCc2noc3c(COS(C)(=O)=O)c(OCc4ccc(C#N)cc4)ccc23)CC1. The number of hydrogen-bond acceptors (Lipinski definition) is 9. The van der Waals surface area contributed by atoms with Gasteiger partial charge in [-0.25, -0.2) is 4.79 Å². The van der Waals surface area contributed by atoms with Gasteiger partial charge in [0.25, 0.3) is 10.1 Å². The van der Waals surface area contributed by atoms with Gasteiger partial charge >= 0.3 is 6.09 Å². The average Bonchev–Trinajstić information content (AvgIpc) is 3.32. The van der Waals surface area contributed by atoms with Crippen molar-refractivity contribution in [3.63, 3.8) is 0 Å². The summed E-state index contributed by atoms with van der Waals surface area (Å²) in [7, 11) is -3.71.